The molecule has 2 amide bonds. The van der Waals surface area contributed by atoms with Gasteiger partial charge in [0.15, 0.2) is 11.0 Å². The molecule has 1 aromatic heterocycles. The first-order valence-corrected chi connectivity index (χ1v) is 9.73. The molecule has 1 heterocycles. The Bertz CT molecular complexity index is 605. The third-order valence-corrected chi connectivity index (χ3v) is 5.19. The van der Waals surface area contributed by atoms with E-state index in [0.29, 0.717) is 10.6 Å². The summed E-state index contributed by atoms with van der Waals surface area (Å²) in [5, 5.41) is 2.56. The molecule has 1 unspecified atom stereocenters. The van der Waals surface area contributed by atoms with Crippen molar-refractivity contribution in [2.24, 2.45) is 5.92 Å². The maximum Gasteiger partial charge on any atom is 0.408 e. The third-order valence-electron chi connectivity index (χ3n) is 2.81. The van der Waals surface area contributed by atoms with Gasteiger partial charge in [-0.1, -0.05) is 13.8 Å². The first kappa shape index (κ1) is 20.6. The first-order chi connectivity index (χ1) is 11.0. The molecule has 0 fully saturated rings. The molecule has 8 heteroatoms. The van der Waals surface area contributed by atoms with Gasteiger partial charge in [0.2, 0.25) is 0 Å². The number of ether oxygens (including phenoxy) is 1. The molecule has 0 aliphatic carbocycles. The Hall–Kier alpha value is -1.41. The van der Waals surface area contributed by atoms with E-state index in [4.69, 9.17) is 4.74 Å². The molecule has 0 aliphatic heterocycles. The van der Waals surface area contributed by atoms with Crippen LogP contribution in [-0.4, -0.2) is 27.9 Å². The predicted octanol–water partition coefficient (Wildman–Crippen LogP) is 3.13. The Kier molecular flexibility index (Phi) is 7.41. The Morgan fingerprint density at radius 2 is 1.92 bits per heavy atom. The van der Waals surface area contributed by atoms with E-state index in [1.54, 1.807) is 26.8 Å². The van der Waals surface area contributed by atoms with Gasteiger partial charge in [0, 0.05) is 4.88 Å². The fourth-order valence-electron chi connectivity index (χ4n) is 1.88. The predicted molar refractivity (Wildman–Crippen MR) is 96.2 cm³/mol. The fourth-order valence-corrected chi connectivity index (χ4v) is 3.91. The minimum absolute atomic E-state index is 0.174. The van der Waals surface area contributed by atoms with Crippen molar-refractivity contribution in [3.63, 3.8) is 0 Å². The quantitative estimate of drug-likeness (QED) is 0.801. The number of amides is 2. The summed E-state index contributed by atoms with van der Waals surface area (Å²) in [6.45, 7) is 11.0. The summed E-state index contributed by atoms with van der Waals surface area (Å²) < 4.78 is 20.4. The van der Waals surface area contributed by atoms with Crippen LogP contribution in [0.25, 0.3) is 0 Å². The van der Waals surface area contributed by atoms with Gasteiger partial charge in [0.05, 0.1) is 0 Å². The molecule has 0 spiro atoms. The zero-order valence-corrected chi connectivity index (χ0v) is 16.6. The molecule has 6 nitrogen and oxygen atoms in total. The Labute approximate surface area is 149 Å². The molecule has 2 N–H and O–H groups in total. The van der Waals surface area contributed by atoms with Crippen molar-refractivity contribution in [3.05, 3.63) is 17.0 Å². The second-order valence-corrected chi connectivity index (χ2v) is 9.66. The number of hydrogen-bond donors (Lipinski definition) is 2. The molecule has 0 aromatic carbocycles. The summed E-state index contributed by atoms with van der Waals surface area (Å²) >= 11 is 1.36. The van der Waals surface area contributed by atoms with Crippen LogP contribution in [-0.2, 0) is 20.5 Å². The number of carbonyl (C=O) groups excluding carboxylic acids is 2. The highest BCUT2D eigenvalue weighted by Gasteiger charge is 2.26. The van der Waals surface area contributed by atoms with E-state index in [9.17, 15) is 13.8 Å². The molecule has 0 bridgehead atoms. The minimum Gasteiger partial charge on any atom is -0.444 e. The maximum absolute atomic E-state index is 12.4. The van der Waals surface area contributed by atoms with Crippen LogP contribution in [0.5, 0.6) is 0 Å². The van der Waals surface area contributed by atoms with Crippen molar-refractivity contribution in [1.29, 1.82) is 0 Å². The molecule has 0 saturated heterocycles. The van der Waals surface area contributed by atoms with Gasteiger partial charge in [-0.05, 0) is 52.2 Å². The lowest BCUT2D eigenvalue weighted by Crippen LogP contribution is -2.49. The molecule has 0 aliphatic rings. The van der Waals surface area contributed by atoms with Gasteiger partial charge < -0.3 is 10.1 Å². The van der Waals surface area contributed by atoms with Gasteiger partial charge in [-0.2, -0.15) is 0 Å². The number of nitrogens with one attached hydrogen (secondary N) is 2. The number of carbonyl (C=O) groups is 2. The molecular formula is C16H26N2O4S2. The lowest BCUT2D eigenvalue weighted by molar-refractivity contribution is -0.121. The van der Waals surface area contributed by atoms with Crippen LogP contribution in [0.4, 0.5) is 4.79 Å². The molecule has 0 saturated carbocycles. The maximum atomic E-state index is 12.4. The number of rotatable bonds is 6. The monoisotopic (exact) mass is 374 g/mol. The third kappa shape index (κ3) is 7.44. The van der Waals surface area contributed by atoms with Crippen LogP contribution in [0.1, 0.15) is 45.9 Å². The van der Waals surface area contributed by atoms with Crippen LogP contribution in [0.15, 0.2) is 16.3 Å². The summed E-state index contributed by atoms with van der Waals surface area (Å²) in [7, 11) is -1.64. The van der Waals surface area contributed by atoms with E-state index in [0.717, 1.165) is 4.88 Å². The molecule has 0 radical (unpaired) electrons. The van der Waals surface area contributed by atoms with E-state index < -0.39 is 34.6 Å². The van der Waals surface area contributed by atoms with Crippen LogP contribution in [0.2, 0.25) is 0 Å². The smallest absolute Gasteiger partial charge is 0.408 e. The zero-order valence-electron chi connectivity index (χ0n) is 15.0. The van der Waals surface area contributed by atoms with Gasteiger partial charge >= 0.3 is 6.09 Å². The highest BCUT2D eigenvalue weighted by atomic mass is 32.2. The number of aryl methyl sites for hydroxylation is 1. The average Bonchev–Trinajstić information content (AvgIpc) is 2.81. The Morgan fingerprint density at radius 3 is 2.38 bits per heavy atom. The number of hydrogen-bond acceptors (Lipinski definition) is 5. The minimum atomic E-state index is -1.64. The normalized spacial score (nSPS) is 14.1. The summed E-state index contributed by atoms with van der Waals surface area (Å²) in [6, 6.07) is 2.76. The van der Waals surface area contributed by atoms with E-state index in [1.165, 1.54) is 11.3 Å². The van der Waals surface area contributed by atoms with Crippen LogP contribution in [0, 0.1) is 12.8 Å². The van der Waals surface area contributed by atoms with Gasteiger partial charge in [-0.15, -0.1) is 11.3 Å². The molecule has 1 rings (SSSR count). The van der Waals surface area contributed by atoms with Crippen molar-refractivity contribution in [1.82, 2.24) is 10.0 Å². The van der Waals surface area contributed by atoms with Gasteiger partial charge in [-0.25, -0.2) is 9.00 Å². The SMILES string of the molecule is Cc1ccc(S(=O)NC(=O)[C@H](CC(C)C)NC(=O)OC(C)(C)C)s1. The van der Waals surface area contributed by atoms with Crippen molar-refractivity contribution in [2.45, 2.75) is 63.8 Å². The standard InChI is InChI=1S/C16H26N2O4S2/c1-10(2)9-12(17-15(20)22-16(4,5)6)14(19)18-24(21)13-8-7-11(3)23-13/h7-8,10,12H,9H2,1-6H3,(H,17,20)(H,18,19)/t12-,24?/m0/s1. The average molecular weight is 375 g/mol. The van der Waals surface area contributed by atoms with Gasteiger partial charge in [-0.3, -0.25) is 9.52 Å². The van der Waals surface area contributed by atoms with Crippen molar-refractivity contribution in [2.75, 3.05) is 0 Å². The zero-order chi connectivity index (χ0) is 18.5. The highest BCUT2D eigenvalue weighted by molar-refractivity contribution is 7.86. The topological polar surface area (TPSA) is 84.5 Å². The second kappa shape index (κ2) is 8.62. The molecule has 2 atom stereocenters. The fraction of sp³-hybridized carbons (Fsp3) is 0.625. The summed E-state index contributed by atoms with van der Waals surface area (Å²) in [6.07, 6.45) is -0.243. The first-order valence-electron chi connectivity index (χ1n) is 7.76. The van der Waals surface area contributed by atoms with E-state index in [2.05, 4.69) is 10.0 Å². The largest absolute Gasteiger partial charge is 0.444 e. The van der Waals surface area contributed by atoms with Crippen molar-refractivity contribution < 1.29 is 18.5 Å². The summed E-state index contributed by atoms with van der Waals surface area (Å²) in [5.41, 5.74) is -0.653. The Morgan fingerprint density at radius 1 is 1.29 bits per heavy atom. The van der Waals surface area contributed by atoms with E-state index in [1.807, 2.05) is 26.8 Å². The lowest BCUT2D eigenvalue weighted by Gasteiger charge is -2.24. The molecular weight excluding hydrogens is 348 g/mol. The summed E-state index contributed by atoms with van der Waals surface area (Å²) in [4.78, 5) is 25.3. The van der Waals surface area contributed by atoms with E-state index in [-0.39, 0.29) is 5.92 Å². The Balaban J connectivity index is 2.74. The van der Waals surface area contributed by atoms with Crippen LogP contribution < -0.4 is 10.0 Å². The molecule has 24 heavy (non-hydrogen) atoms. The number of thiophene rings is 1. The van der Waals surface area contributed by atoms with E-state index >= 15 is 0 Å². The van der Waals surface area contributed by atoms with Crippen molar-refractivity contribution >= 4 is 34.3 Å². The highest BCUT2D eigenvalue weighted by Crippen LogP contribution is 2.18. The van der Waals surface area contributed by atoms with Gasteiger partial charge in [0.1, 0.15) is 15.9 Å². The van der Waals surface area contributed by atoms with Crippen LogP contribution in [0.3, 0.4) is 0 Å². The number of alkyl carbamates (subject to hydrolysis) is 1. The summed E-state index contributed by atoms with van der Waals surface area (Å²) in [5.74, 6) is -0.313. The molecule has 1 aromatic rings. The van der Waals surface area contributed by atoms with Crippen LogP contribution >= 0.6 is 11.3 Å². The van der Waals surface area contributed by atoms with Crippen molar-refractivity contribution in [3.8, 4) is 0 Å². The second-order valence-electron chi connectivity index (χ2n) is 6.93. The van der Waals surface area contributed by atoms with Gasteiger partial charge in [0.25, 0.3) is 5.91 Å². The lowest BCUT2D eigenvalue weighted by atomic mass is 10.0. The molecule has 136 valence electrons.